The standard InChI is InChI=1S/C12H13BrClNO3S2/c13-8-1-3-9(4-2-8)19-5-12(16)15-11-7-20(17,18)6-10(11)14/h1-4,10-11H,5-7H2,(H,15,16)/t10-,11-/m1/s1. The molecule has 1 aliphatic rings. The summed E-state index contributed by atoms with van der Waals surface area (Å²) in [6.07, 6.45) is 0. The van der Waals surface area contributed by atoms with E-state index in [-0.39, 0.29) is 23.2 Å². The smallest absolute Gasteiger partial charge is 0.230 e. The molecule has 2 atom stereocenters. The van der Waals surface area contributed by atoms with E-state index >= 15 is 0 Å². The van der Waals surface area contributed by atoms with E-state index in [0.29, 0.717) is 0 Å². The van der Waals surface area contributed by atoms with Crippen LogP contribution in [0.25, 0.3) is 0 Å². The molecule has 8 heteroatoms. The number of halogens is 2. The molecule has 1 amide bonds. The van der Waals surface area contributed by atoms with Crippen molar-refractivity contribution in [1.29, 1.82) is 0 Å². The zero-order valence-corrected chi connectivity index (χ0v) is 14.4. The second-order valence-electron chi connectivity index (χ2n) is 4.51. The lowest BCUT2D eigenvalue weighted by atomic mass is 10.2. The molecule has 110 valence electrons. The van der Waals surface area contributed by atoms with E-state index in [1.54, 1.807) is 0 Å². The second kappa shape index (κ2) is 6.68. The summed E-state index contributed by atoms with van der Waals surface area (Å²) in [5.41, 5.74) is 0. The maximum atomic E-state index is 11.8. The largest absolute Gasteiger partial charge is 0.350 e. The van der Waals surface area contributed by atoms with Crippen molar-refractivity contribution in [1.82, 2.24) is 5.32 Å². The molecule has 0 saturated carbocycles. The van der Waals surface area contributed by atoms with Gasteiger partial charge in [-0.3, -0.25) is 4.79 Å². The minimum Gasteiger partial charge on any atom is -0.350 e. The van der Waals surface area contributed by atoms with Gasteiger partial charge in [0.15, 0.2) is 9.84 Å². The summed E-state index contributed by atoms with van der Waals surface area (Å²) >= 11 is 10.7. The summed E-state index contributed by atoms with van der Waals surface area (Å²) < 4.78 is 23.8. The summed E-state index contributed by atoms with van der Waals surface area (Å²) in [5.74, 6) is -0.109. The van der Waals surface area contributed by atoms with Crippen molar-refractivity contribution in [3.63, 3.8) is 0 Å². The van der Waals surface area contributed by atoms with Crippen LogP contribution in [0.3, 0.4) is 0 Å². The molecular formula is C12H13BrClNO3S2. The lowest BCUT2D eigenvalue weighted by Crippen LogP contribution is -2.41. The summed E-state index contributed by atoms with van der Waals surface area (Å²) in [6, 6.07) is 7.13. The van der Waals surface area contributed by atoms with E-state index in [1.165, 1.54) is 11.8 Å². The van der Waals surface area contributed by atoms with Gasteiger partial charge in [0.05, 0.1) is 28.7 Å². The van der Waals surface area contributed by atoms with E-state index in [4.69, 9.17) is 11.6 Å². The molecule has 0 bridgehead atoms. The average Bonchev–Trinajstić information content (AvgIpc) is 2.61. The van der Waals surface area contributed by atoms with Gasteiger partial charge in [-0.1, -0.05) is 15.9 Å². The van der Waals surface area contributed by atoms with Crippen molar-refractivity contribution in [2.75, 3.05) is 17.3 Å². The summed E-state index contributed by atoms with van der Waals surface area (Å²) in [5, 5.41) is 2.15. The Labute approximate surface area is 135 Å². The van der Waals surface area contributed by atoms with E-state index in [0.717, 1.165) is 9.37 Å². The molecule has 20 heavy (non-hydrogen) atoms. The van der Waals surface area contributed by atoms with Gasteiger partial charge >= 0.3 is 0 Å². The topological polar surface area (TPSA) is 63.2 Å². The molecule has 1 aromatic carbocycles. The number of sulfone groups is 1. The van der Waals surface area contributed by atoms with Crippen LogP contribution in [0.5, 0.6) is 0 Å². The van der Waals surface area contributed by atoms with Gasteiger partial charge in [0.25, 0.3) is 0 Å². The summed E-state index contributed by atoms with van der Waals surface area (Å²) in [4.78, 5) is 12.8. The Morgan fingerprint density at radius 2 is 2.00 bits per heavy atom. The van der Waals surface area contributed by atoms with E-state index < -0.39 is 21.3 Å². The predicted molar refractivity (Wildman–Crippen MR) is 85.1 cm³/mol. The van der Waals surface area contributed by atoms with Crippen LogP contribution in [-0.2, 0) is 14.6 Å². The number of alkyl halides is 1. The Kier molecular flexibility index (Phi) is 5.39. The third-order valence-electron chi connectivity index (χ3n) is 2.81. The van der Waals surface area contributed by atoms with Crippen molar-refractivity contribution in [2.24, 2.45) is 0 Å². The average molecular weight is 399 g/mol. The second-order valence-corrected chi connectivity index (χ2v) is 9.19. The first-order valence-corrected chi connectivity index (χ1v) is 9.91. The number of hydrogen-bond donors (Lipinski definition) is 1. The van der Waals surface area contributed by atoms with Crippen molar-refractivity contribution in [3.05, 3.63) is 28.7 Å². The zero-order valence-electron chi connectivity index (χ0n) is 10.4. The molecule has 2 rings (SSSR count). The fourth-order valence-electron chi connectivity index (χ4n) is 1.87. The van der Waals surface area contributed by atoms with Gasteiger partial charge in [-0.15, -0.1) is 23.4 Å². The molecule has 4 nitrogen and oxygen atoms in total. The van der Waals surface area contributed by atoms with Gasteiger partial charge in [-0.25, -0.2) is 8.42 Å². The number of benzene rings is 1. The minimum absolute atomic E-state index is 0.0701. The Hall–Kier alpha value is -0.240. The quantitative estimate of drug-likeness (QED) is 0.623. The van der Waals surface area contributed by atoms with Crippen LogP contribution in [0.4, 0.5) is 0 Å². The van der Waals surface area contributed by atoms with Crippen LogP contribution in [0.2, 0.25) is 0 Å². The fraction of sp³-hybridized carbons (Fsp3) is 0.417. The Balaban J connectivity index is 1.83. The zero-order chi connectivity index (χ0) is 14.8. The van der Waals surface area contributed by atoms with Crippen LogP contribution in [0, 0.1) is 0 Å². The molecule has 1 aromatic rings. The van der Waals surface area contributed by atoms with Crippen LogP contribution < -0.4 is 5.32 Å². The van der Waals surface area contributed by atoms with Gasteiger partial charge in [0, 0.05) is 9.37 Å². The number of nitrogens with one attached hydrogen (secondary N) is 1. The fourth-order valence-corrected chi connectivity index (χ4v) is 5.39. The molecule has 1 saturated heterocycles. The number of carbonyl (C=O) groups is 1. The van der Waals surface area contributed by atoms with Crippen LogP contribution in [0.1, 0.15) is 0 Å². The first-order chi connectivity index (χ1) is 9.35. The maximum Gasteiger partial charge on any atom is 0.230 e. The monoisotopic (exact) mass is 397 g/mol. The lowest BCUT2D eigenvalue weighted by Gasteiger charge is -2.14. The Morgan fingerprint density at radius 1 is 1.35 bits per heavy atom. The number of hydrogen-bond acceptors (Lipinski definition) is 4. The molecule has 0 aliphatic carbocycles. The molecular weight excluding hydrogens is 386 g/mol. The van der Waals surface area contributed by atoms with Crippen molar-refractivity contribution in [3.8, 4) is 0 Å². The maximum absolute atomic E-state index is 11.8. The van der Waals surface area contributed by atoms with Gasteiger partial charge in [-0.2, -0.15) is 0 Å². The van der Waals surface area contributed by atoms with Gasteiger partial charge < -0.3 is 5.32 Å². The van der Waals surface area contributed by atoms with Crippen molar-refractivity contribution in [2.45, 2.75) is 16.3 Å². The number of thioether (sulfide) groups is 1. The van der Waals surface area contributed by atoms with Crippen molar-refractivity contribution < 1.29 is 13.2 Å². The highest BCUT2D eigenvalue weighted by Crippen LogP contribution is 2.21. The van der Waals surface area contributed by atoms with Crippen LogP contribution >= 0.6 is 39.3 Å². The van der Waals surface area contributed by atoms with E-state index in [2.05, 4.69) is 21.2 Å². The Morgan fingerprint density at radius 3 is 2.55 bits per heavy atom. The normalized spacial score (nSPS) is 24.5. The van der Waals surface area contributed by atoms with E-state index in [9.17, 15) is 13.2 Å². The third kappa shape index (κ3) is 4.65. The third-order valence-corrected chi connectivity index (χ3v) is 6.73. The SMILES string of the molecule is O=C(CSc1ccc(Br)cc1)N[C@@H]1CS(=O)(=O)C[C@H]1Cl. The molecule has 1 aliphatic heterocycles. The Bertz CT molecular complexity index is 591. The van der Waals surface area contributed by atoms with Gasteiger partial charge in [-0.05, 0) is 24.3 Å². The first-order valence-electron chi connectivity index (χ1n) is 5.88. The number of carbonyl (C=O) groups excluding carboxylic acids is 1. The van der Waals surface area contributed by atoms with Crippen LogP contribution in [0.15, 0.2) is 33.6 Å². The molecule has 1 heterocycles. The van der Waals surface area contributed by atoms with E-state index in [1.807, 2.05) is 24.3 Å². The molecule has 1 fully saturated rings. The molecule has 0 unspecified atom stereocenters. The number of rotatable bonds is 4. The summed E-state index contributed by atoms with van der Waals surface area (Å²) in [6.45, 7) is 0. The van der Waals surface area contributed by atoms with Crippen molar-refractivity contribution >= 4 is 55.0 Å². The highest BCUT2D eigenvalue weighted by atomic mass is 79.9. The lowest BCUT2D eigenvalue weighted by molar-refractivity contribution is -0.119. The molecule has 0 spiro atoms. The number of amides is 1. The highest BCUT2D eigenvalue weighted by Gasteiger charge is 2.37. The molecule has 0 aromatic heterocycles. The summed E-state index contributed by atoms with van der Waals surface area (Å²) in [7, 11) is -3.12. The minimum atomic E-state index is -3.12. The predicted octanol–water partition coefficient (Wildman–Crippen LogP) is 2.06. The van der Waals surface area contributed by atoms with Gasteiger partial charge in [0.2, 0.25) is 5.91 Å². The van der Waals surface area contributed by atoms with Gasteiger partial charge in [0.1, 0.15) is 0 Å². The molecule has 0 radical (unpaired) electrons. The molecule has 1 N–H and O–H groups in total. The highest BCUT2D eigenvalue weighted by molar-refractivity contribution is 9.10. The first kappa shape index (κ1) is 16.1. The van der Waals surface area contributed by atoms with Crippen LogP contribution in [-0.4, -0.2) is 43.0 Å².